The molecule has 4 nitrogen and oxygen atoms in total. The summed E-state index contributed by atoms with van der Waals surface area (Å²) in [4.78, 5) is 16.1. The van der Waals surface area contributed by atoms with Crippen LogP contribution in [0, 0.1) is 0 Å². The number of fused-ring (bicyclic) bond motifs is 2. The van der Waals surface area contributed by atoms with Gasteiger partial charge in [-0.2, -0.15) is 0 Å². The summed E-state index contributed by atoms with van der Waals surface area (Å²) in [5, 5.41) is 7.76. The molecular formula is C22H25N3O. The fraction of sp³-hybridized carbons (Fsp3) is 0.318. The third kappa shape index (κ3) is 3.25. The highest BCUT2D eigenvalue weighted by Gasteiger charge is 2.23. The lowest BCUT2D eigenvalue weighted by Gasteiger charge is -2.15. The topological polar surface area (TPSA) is 56.9 Å². The van der Waals surface area contributed by atoms with Crippen molar-refractivity contribution in [1.29, 1.82) is 0 Å². The van der Waals surface area contributed by atoms with Gasteiger partial charge >= 0.3 is 0 Å². The molecule has 0 spiro atoms. The Bertz CT molecular complexity index is 941. The second-order valence-corrected chi connectivity index (χ2v) is 7.38. The number of para-hydroxylation sites is 1. The second-order valence-electron chi connectivity index (χ2n) is 7.38. The van der Waals surface area contributed by atoms with Crippen LogP contribution in [0.5, 0.6) is 0 Å². The van der Waals surface area contributed by atoms with Crippen LogP contribution in [0.3, 0.4) is 0 Å². The third-order valence-corrected chi connectivity index (χ3v) is 5.23. The van der Waals surface area contributed by atoms with Crippen LogP contribution in [-0.4, -0.2) is 16.9 Å². The van der Waals surface area contributed by atoms with Crippen molar-refractivity contribution in [2.45, 2.75) is 45.2 Å². The van der Waals surface area contributed by atoms with Gasteiger partial charge in [0.25, 0.3) is 0 Å². The van der Waals surface area contributed by atoms with E-state index >= 15 is 0 Å². The van der Waals surface area contributed by atoms with Gasteiger partial charge in [-0.3, -0.25) is 4.79 Å². The van der Waals surface area contributed by atoms with Crippen molar-refractivity contribution in [3.05, 3.63) is 65.4 Å². The average Bonchev–Trinajstić information content (AvgIpc) is 3.01. The lowest BCUT2D eigenvalue weighted by atomic mass is 10.0. The van der Waals surface area contributed by atoms with Gasteiger partial charge in [-0.05, 0) is 48.1 Å². The molecule has 0 saturated heterocycles. The van der Waals surface area contributed by atoms with Crippen molar-refractivity contribution in [2.75, 3.05) is 5.32 Å². The highest BCUT2D eigenvalue weighted by molar-refractivity contribution is 5.96. The van der Waals surface area contributed by atoms with Crippen LogP contribution in [0.25, 0.3) is 10.9 Å². The molecule has 3 aromatic rings. The monoisotopic (exact) mass is 347 g/mol. The van der Waals surface area contributed by atoms with Gasteiger partial charge in [0.05, 0.1) is 6.04 Å². The summed E-state index contributed by atoms with van der Waals surface area (Å²) in [5.41, 5.74) is 5.77. The van der Waals surface area contributed by atoms with Crippen LogP contribution in [0.1, 0.15) is 43.0 Å². The highest BCUT2D eigenvalue weighted by atomic mass is 16.2. The van der Waals surface area contributed by atoms with E-state index in [1.165, 1.54) is 22.2 Å². The minimum atomic E-state index is -0.179. The summed E-state index contributed by atoms with van der Waals surface area (Å²) in [6, 6.07) is 16.4. The number of anilines is 1. The number of amides is 1. The minimum absolute atomic E-state index is 0.0547. The molecule has 1 atom stereocenters. The Hall–Kier alpha value is -2.59. The van der Waals surface area contributed by atoms with Gasteiger partial charge in [-0.1, -0.05) is 44.2 Å². The molecule has 26 heavy (non-hydrogen) atoms. The van der Waals surface area contributed by atoms with E-state index < -0.39 is 0 Å². The Labute approximate surface area is 154 Å². The molecule has 0 radical (unpaired) electrons. The lowest BCUT2D eigenvalue weighted by molar-refractivity contribution is -0.118. The molecule has 2 heterocycles. The zero-order valence-electron chi connectivity index (χ0n) is 15.3. The standard InChI is InChI=1S/C22H25N3O/c1-14(2)21-12-17-16(7-5-9-19(17)24-21)13-23-20-11-10-15-6-3-4-8-18(15)25-22(20)26/h3-9,12,14,20,23-24H,10-11,13H2,1-2H3,(H,25,26). The predicted octanol–water partition coefficient (Wildman–Crippen LogP) is 4.33. The Kier molecular flexibility index (Phi) is 4.51. The molecule has 4 rings (SSSR count). The molecule has 2 aromatic carbocycles. The molecule has 1 aliphatic heterocycles. The largest absolute Gasteiger partial charge is 0.358 e. The number of hydrogen-bond acceptors (Lipinski definition) is 2. The Balaban J connectivity index is 1.51. The number of rotatable bonds is 4. The molecule has 0 aliphatic carbocycles. The van der Waals surface area contributed by atoms with Crippen LogP contribution in [0.15, 0.2) is 48.5 Å². The Morgan fingerprint density at radius 1 is 1.15 bits per heavy atom. The highest BCUT2D eigenvalue weighted by Crippen LogP contribution is 2.25. The number of benzene rings is 2. The summed E-state index contributed by atoms with van der Waals surface area (Å²) in [6.07, 6.45) is 1.71. The summed E-state index contributed by atoms with van der Waals surface area (Å²) < 4.78 is 0. The number of aromatic nitrogens is 1. The quantitative estimate of drug-likeness (QED) is 0.658. The normalized spacial score (nSPS) is 17.2. The molecule has 0 fully saturated rings. The lowest BCUT2D eigenvalue weighted by Crippen LogP contribution is -2.39. The second kappa shape index (κ2) is 6.96. The molecule has 1 aliphatic rings. The van der Waals surface area contributed by atoms with E-state index in [2.05, 4.69) is 59.8 Å². The van der Waals surface area contributed by atoms with Gasteiger partial charge < -0.3 is 15.6 Å². The van der Waals surface area contributed by atoms with E-state index in [4.69, 9.17) is 0 Å². The van der Waals surface area contributed by atoms with Crippen molar-refractivity contribution in [3.63, 3.8) is 0 Å². The fourth-order valence-corrected chi connectivity index (χ4v) is 3.64. The van der Waals surface area contributed by atoms with E-state index in [1.54, 1.807) is 0 Å². The fourth-order valence-electron chi connectivity index (χ4n) is 3.64. The van der Waals surface area contributed by atoms with Crippen molar-refractivity contribution < 1.29 is 4.79 Å². The van der Waals surface area contributed by atoms with E-state index in [-0.39, 0.29) is 11.9 Å². The number of aromatic amines is 1. The van der Waals surface area contributed by atoms with Crippen LogP contribution in [-0.2, 0) is 17.8 Å². The van der Waals surface area contributed by atoms with Crippen LogP contribution >= 0.6 is 0 Å². The molecule has 0 bridgehead atoms. The number of H-pyrrole nitrogens is 1. The van der Waals surface area contributed by atoms with Crippen molar-refractivity contribution in [1.82, 2.24) is 10.3 Å². The van der Waals surface area contributed by atoms with Crippen molar-refractivity contribution in [2.24, 2.45) is 0 Å². The Morgan fingerprint density at radius 2 is 2.00 bits per heavy atom. The Morgan fingerprint density at radius 3 is 2.85 bits per heavy atom. The smallest absolute Gasteiger partial charge is 0.241 e. The van der Waals surface area contributed by atoms with Gasteiger partial charge in [-0.15, -0.1) is 0 Å². The van der Waals surface area contributed by atoms with E-state index in [0.29, 0.717) is 12.5 Å². The number of carbonyl (C=O) groups excluding carboxylic acids is 1. The maximum Gasteiger partial charge on any atom is 0.241 e. The summed E-state index contributed by atoms with van der Waals surface area (Å²) >= 11 is 0. The van der Waals surface area contributed by atoms with Crippen LogP contribution in [0.4, 0.5) is 5.69 Å². The van der Waals surface area contributed by atoms with E-state index in [1.807, 2.05) is 18.2 Å². The number of hydrogen-bond donors (Lipinski definition) is 3. The summed E-state index contributed by atoms with van der Waals surface area (Å²) in [7, 11) is 0. The molecule has 1 unspecified atom stereocenters. The molecule has 1 amide bonds. The number of carbonyl (C=O) groups is 1. The first-order valence-corrected chi connectivity index (χ1v) is 9.34. The van der Waals surface area contributed by atoms with E-state index in [9.17, 15) is 4.79 Å². The zero-order valence-corrected chi connectivity index (χ0v) is 15.3. The van der Waals surface area contributed by atoms with Crippen LogP contribution in [0.2, 0.25) is 0 Å². The molecule has 134 valence electrons. The van der Waals surface area contributed by atoms with E-state index in [0.717, 1.165) is 24.0 Å². The number of aryl methyl sites for hydroxylation is 1. The zero-order chi connectivity index (χ0) is 18.1. The first-order chi connectivity index (χ1) is 12.6. The van der Waals surface area contributed by atoms with Gasteiger partial charge in [-0.25, -0.2) is 0 Å². The first kappa shape index (κ1) is 16.9. The molecular weight excluding hydrogens is 322 g/mol. The van der Waals surface area contributed by atoms with Crippen molar-refractivity contribution in [3.8, 4) is 0 Å². The molecule has 0 saturated carbocycles. The maximum atomic E-state index is 12.6. The van der Waals surface area contributed by atoms with Gasteiger partial charge in [0, 0.05) is 28.8 Å². The van der Waals surface area contributed by atoms with Crippen LogP contribution < -0.4 is 10.6 Å². The minimum Gasteiger partial charge on any atom is -0.358 e. The van der Waals surface area contributed by atoms with Gasteiger partial charge in [0.15, 0.2) is 0 Å². The maximum absolute atomic E-state index is 12.6. The molecule has 3 N–H and O–H groups in total. The summed E-state index contributed by atoms with van der Waals surface area (Å²) in [6.45, 7) is 5.06. The first-order valence-electron chi connectivity index (χ1n) is 9.34. The van der Waals surface area contributed by atoms with Gasteiger partial charge in [0.1, 0.15) is 0 Å². The third-order valence-electron chi connectivity index (χ3n) is 5.23. The predicted molar refractivity (Wildman–Crippen MR) is 106 cm³/mol. The number of nitrogens with one attached hydrogen (secondary N) is 3. The average molecular weight is 347 g/mol. The summed E-state index contributed by atoms with van der Waals surface area (Å²) in [5.74, 6) is 0.522. The molecule has 1 aromatic heterocycles. The molecule has 4 heteroatoms. The van der Waals surface area contributed by atoms with Crippen molar-refractivity contribution >= 4 is 22.5 Å². The SMILES string of the molecule is CC(C)c1cc2c(CNC3CCc4ccccc4NC3=O)cccc2[nH]1. The van der Waals surface area contributed by atoms with Gasteiger partial charge in [0.2, 0.25) is 5.91 Å².